The van der Waals surface area contributed by atoms with Crippen LogP contribution in [0.25, 0.3) is 0 Å². The second-order valence-corrected chi connectivity index (χ2v) is 10.3. The molecule has 0 fully saturated rings. The molecule has 0 radical (unpaired) electrons. The van der Waals surface area contributed by atoms with Crippen LogP contribution in [0, 0.1) is 5.82 Å². The number of rotatable bonds is 7. The lowest BCUT2D eigenvalue weighted by molar-refractivity contribution is 0.0954. The van der Waals surface area contributed by atoms with Crippen molar-refractivity contribution >= 4 is 21.6 Å². The number of hydrogen-bond acceptors (Lipinski definition) is 5. The molecular formula is C23H26FN5O3S. The van der Waals surface area contributed by atoms with E-state index in [4.69, 9.17) is 0 Å². The fourth-order valence-corrected chi connectivity index (χ4v) is 4.85. The molecule has 174 valence electrons. The van der Waals surface area contributed by atoms with Gasteiger partial charge in [-0.3, -0.25) is 13.8 Å². The van der Waals surface area contributed by atoms with Crippen LogP contribution in [0.2, 0.25) is 0 Å². The van der Waals surface area contributed by atoms with Crippen molar-refractivity contribution in [2.24, 2.45) is 0 Å². The predicted molar refractivity (Wildman–Crippen MR) is 123 cm³/mol. The first-order valence-corrected chi connectivity index (χ1v) is 12.5. The molecule has 0 saturated carbocycles. The smallest absolute Gasteiger partial charge is 0.251 e. The first-order valence-electron chi connectivity index (χ1n) is 10.7. The van der Waals surface area contributed by atoms with Crippen molar-refractivity contribution in [3.8, 4) is 0 Å². The molecule has 2 heterocycles. The molecule has 0 bridgehead atoms. The van der Waals surface area contributed by atoms with Crippen LogP contribution < -0.4 is 9.62 Å². The first-order chi connectivity index (χ1) is 15.6. The van der Waals surface area contributed by atoms with Gasteiger partial charge < -0.3 is 5.32 Å². The summed E-state index contributed by atoms with van der Waals surface area (Å²) in [5.41, 5.74) is 2.43. The summed E-state index contributed by atoms with van der Waals surface area (Å²) in [7, 11) is -3.51. The van der Waals surface area contributed by atoms with E-state index >= 15 is 0 Å². The van der Waals surface area contributed by atoms with Crippen LogP contribution in [0.15, 0.2) is 48.8 Å². The van der Waals surface area contributed by atoms with Gasteiger partial charge in [0.05, 0.1) is 17.9 Å². The maximum atomic E-state index is 13.3. The highest BCUT2D eigenvalue weighted by molar-refractivity contribution is 7.92. The van der Waals surface area contributed by atoms with Gasteiger partial charge >= 0.3 is 0 Å². The highest BCUT2D eigenvalue weighted by Crippen LogP contribution is 2.40. The van der Waals surface area contributed by atoms with Gasteiger partial charge in [-0.05, 0) is 61.7 Å². The molecule has 0 unspecified atom stereocenters. The second-order valence-electron chi connectivity index (χ2n) is 8.43. The Morgan fingerprint density at radius 2 is 2.03 bits per heavy atom. The molecule has 1 atom stereocenters. The molecule has 1 N–H and O–H groups in total. The number of hydrogen-bond donors (Lipinski definition) is 1. The number of nitrogens with zero attached hydrogens (tertiary/aromatic N) is 4. The van der Waals surface area contributed by atoms with Crippen LogP contribution in [0.1, 0.15) is 53.1 Å². The van der Waals surface area contributed by atoms with E-state index in [1.165, 1.54) is 16.4 Å². The molecule has 1 aliphatic rings. The molecule has 2 aromatic carbocycles. The zero-order valence-electron chi connectivity index (χ0n) is 18.7. The minimum Gasteiger partial charge on any atom is -0.352 e. The molecule has 4 rings (SSSR count). The van der Waals surface area contributed by atoms with Crippen molar-refractivity contribution in [2.75, 3.05) is 23.7 Å². The van der Waals surface area contributed by atoms with Gasteiger partial charge in [0, 0.05) is 24.7 Å². The number of fused-ring (bicyclic) bond motifs is 1. The third-order valence-corrected chi connectivity index (χ3v) is 6.78. The van der Waals surface area contributed by atoms with Crippen molar-refractivity contribution in [1.29, 1.82) is 0 Å². The van der Waals surface area contributed by atoms with Crippen molar-refractivity contribution in [2.45, 2.75) is 32.2 Å². The highest BCUT2D eigenvalue weighted by atomic mass is 32.2. The standard InChI is InChI=1S/C23H26FN5O3S/c1-15(2)28-14-26-22(27-28)20-13-29(33(3,31)32)21-8-7-17(12-19(20)21)23(30)25-10-9-16-5-4-6-18(24)11-16/h4-8,11-12,14-15,20H,9-10,13H2,1-3H3,(H,25,30)/t20-/m0/s1. The number of aromatic nitrogens is 3. The maximum absolute atomic E-state index is 13.3. The quantitative estimate of drug-likeness (QED) is 0.572. The Morgan fingerprint density at radius 1 is 1.24 bits per heavy atom. The minimum absolute atomic E-state index is 0.119. The van der Waals surface area contributed by atoms with E-state index < -0.39 is 10.0 Å². The van der Waals surface area contributed by atoms with E-state index in [0.717, 1.165) is 11.8 Å². The summed E-state index contributed by atoms with van der Waals surface area (Å²) in [5, 5.41) is 7.37. The van der Waals surface area contributed by atoms with E-state index in [1.807, 2.05) is 13.8 Å². The van der Waals surface area contributed by atoms with Crippen LogP contribution in [0.3, 0.4) is 0 Å². The van der Waals surface area contributed by atoms with Gasteiger partial charge in [0.2, 0.25) is 10.0 Å². The van der Waals surface area contributed by atoms with Crippen molar-refractivity contribution in [3.63, 3.8) is 0 Å². The van der Waals surface area contributed by atoms with E-state index in [0.29, 0.717) is 35.6 Å². The summed E-state index contributed by atoms with van der Waals surface area (Å²) in [5.74, 6) is -0.464. The highest BCUT2D eigenvalue weighted by Gasteiger charge is 2.37. The lowest BCUT2D eigenvalue weighted by Gasteiger charge is -2.16. The topological polar surface area (TPSA) is 97.2 Å². The van der Waals surface area contributed by atoms with Gasteiger partial charge in [-0.25, -0.2) is 17.8 Å². The number of sulfonamides is 1. The molecule has 0 aliphatic carbocycles. The van der Waals surface area contributed by atoms with E-state index in [1.54, 1.807) is 41.3 Å². The van der Waals surface area contributed by atoms with Gasteiger partial charge in [-0.15, -0.1) is 0 Å². The van der Waals surface area contributed by atoms with Gasteiger partial charge in [-0.2, -0.15) is 5.10 Å². The Balaban J connectivity index is 1.57. The summed E-state index contributed by atoms with van der Waals surface area (Å²) in [6.07, 6.45) is 3.29. The SMILES string of the molecule is CC(C)n1cnc([C@H]2CN(S(C)(=O)=O)c3ccc(C(=O)NCCc4cccc(F)c4)cc32)n1. The molecule has 1 amide bonds. The van der Waals surface area contributed by atoms with E-state index in [-0.39, 0.29) is 30.2 Å². The summed E-state index contributed by atoms with van der Waals surface area (Å²) in [4.78, 5) is 17.2. The molecule has 1 aliphatic heterocycles. The fourth-order valence-electron chi connectivity index (χ4n) is 3.91. The Hall–Kier alpha value is -3.27. The molecule has 10 heteroatoms. The average molecular weight is 472 g/mol. The molecule has 0 spiro atoms. The number of carbonyl (C=O) groups is 1. The third kappa shape index (κ3) is 4.90. The van der Waals surface area contributed by atoms with Crippen LogP contribution in [-0.2, 0) is 16.4 Å². The van der Waals surface area contributed by atoms with Crippen molar-refractivity contribution in [1.82, 2.24) is 20.1 Å². The zero-order valence-corrected chi connectivity index (χ0v) is 19.5. The molecule has 33 heavy (non-hydrogen) atoms. The van der Waals surface area contributed by atoms with E-state index in [9.17, 15) is 17.6 Å². The second kappa shape index (κ2) is 8.93. The van der Waals surface area contributed by atoms with Gasteiger partial charge in [-0.1, -0.05) is 12.1 Å². The summed E-state index contributed by atoms with van der Waals surface area (Å²) < 4.78 is 41.1. The predicted octanol–water partition coefficient (Wildman–Crippen LogP) is 2.88. The third-order valence-electron chi connectivity index (χ3n) is 5.64. The van der Waals surface area contributed by atoms with Gasteiger partial charge in [0.25, 0.3) is 5.91 Å². The normalized spacial score (nSPS) is 15.7. The Morgan fingerprint density at radius 3 is 2.70 bits per heavy atom. The molecular weight excluding hydrogens is 445 g/mol. The van der Waals surface area contributed by atoms with Crippen LogP contribution in [0.5, 0.6) is 0 Å². The number of anilines is 1. The maximum Gasteiger partial charge on any atom is 0.251 e. The summed E-state index contributed by atoms with van der Waals surface area (Å²) >= 11 is 0. The summed E-state index contributed by atoms with van der Waals surface area (Å²) in [6, 6.07) is 11.3. The number of nitrogens with one attached hydrogen (secondary N) is 1. The van der Waals surface area contributed by atoms with Gasteiger partial charge in [0.15, 0.2) is 5.82 Å². The molecule has 8 nitrogen and oxygen atoms in total. The van der Waals surface area contributed by atoms with Crippen LogP contribution >= 0.6 is 0 Å². The fraction of sp³-hybridized carbons (Fsp3) is 0.348. The number of benzene rings is 2. The monoisotopic (exact) mass is 471 g/mol. The number of amides is 1. The number of carbonyl (C=O) groups excluding carboxylic acids is 1. The lowest BCUT2D eigenvalue weighted by atomic mass is 9.98. The Kier molecular flexibility index (Phi) is 6.20. The van der Waals surface area contributed by atoms with Crippen molar-refractivity contribution < 1.29 is 17.6 Å². The molecule has 0 saturated heterocycles. The lowest BCUT2D eigenvalue weighted by Crippen LogP contribution is -2.29. The largest absolute Gasteiger partial charge is 0.352 e. The van der Waals surface area contributed by atoms with Crippen LogP contribution in [-0.4, -0.2) is 48.4 Å². The van der Waals surface area contributed by atoms with Gasteiger partial charge in [0.1, 0.15) is 12.1 Å². The summed E-state index contributed by atoms with van der Waals surface area (Å²) in [6.45, 7) is 4.49. The Labute approximate surface area is 192 Å². The Bertz CT molecular complexity index is 1290. The zero-order chi connectivity index (χ0) is 23.8. The average Bonchev–Trinajstić information content (AvgIpc) is 3.38. The molecule has 3 aromatic rings. The molecule has 1 aromatic heterocycles. The van der Waals surface area contributed by atoms with Crippen molar-refractivity contribution in [3.05, 3.63) is 77.1 Å². The first kappa shape index (κ1) is 22.9. The number of halogens is 1. The van der Waals surface area contributed by atoms with Crippen LogP contribution in [0.4, 0.5) is 10.1 Å². The minimum atomic E-state index is -3.51. The van der Waals surface area contributed by atoms with E-state index in [2.05, 4.69) is 15.4 Å².